The Bertz CT molecular complexity index is 427. The van der Waals surface area contributed by atoms with E-state index >= 15 is 0 Å². The summed E-state index contributed by atoms with van der Waals surface area (Å²) in [5, 5.41) is 12.6. The number of rotatable bonds is 6. The lowest BCUT2D eigenvalue weighted by Gasteiger charge is -2.28. The molecule has 20 heavy (non-hydrogen) atoms. The summed E-state index contributed by atoms with van der Waals surface area (Å²) in [5.74, 6) is 0.787. The van der Waals surface area contributed by atoms with Crippen LogP contribution in [-0.4, -0.2) is 61.4 Å². The van der Waals surface area contributed by atoms with E-state index in [9.17, 15) is 9.90 Å². The number of ether oxygens (including phenoxy) is 1. The van der Waals surface area contributed by atoms with Crippen molar-refractivity contribution in [3.05, 3.63) is 23.7 Å². The molecule has 1 atom stereocenters. The molecule has 6 nitrogen and oxygen atoms in total. The number of aliphatic hydroxyl groups is 1. The van der Waals surface area contributed by atoms with Gasteiger partial charge in [0, 0.05) is 32.6 Å². The molecule has 0 aromatic carbocycles. The van der Waals surface area contributed by atoms with Crippen molar-refractivity contribution in [1.82, 2.24) is 10.2 Å². The normalized spacial score (nSPS) is 17.9. The van der Waals surface area contributed by atoms with Crippen LogP contribution in [0.5, 0.6) is 0 Å². The van der Waals surface area contributed by atoms with Crippen LogP contribution in [0, 0.1) is 0 Å². The van der Waals surface area contributed by atoms with Gasteiger partial charge in [-0.25, -0.2) is 0 Å². The van der Waals surface area contributed by atoms with Gasteiger partial charge in [-0.3, -0.25) is 9.69 Å². The van der Waals surface area contributed by atoms with Gasteiger partial charge in [-0.2, -0.15) is 0 Å². The van der Waals surface area contributed by atoms with Gasteiger partial charge < -0.3 is 19.6 Å². The zero-order chi connectivity index (χ0) is 14.4. The first-order chi connectivity index (χ1) is 9.69. The Labute approximate surface area is 118 Å². The van der Waals surface area contributed by atoms with Crippen LogP contribution in [0.3, 0.4) is 0 Å². The molecule has 112 valence electrons. The average molecular weight is 282 g/mol. The van der Waals surface area contributed by atoms with Gasteiger partial charge in [0.1, 0.15) is 5.76 Å². The molecule has 0 bridgehead atoms. The number of aryl methyl sites for hydroxylation is 1. The van der Waals surface area contributed by atoms with Crippen LogP contribution in [0.2, 0.25) is 0 Å². The van der Waals surface area contributed by atoms with Crippen LogP contribution in [0.15, 0.2) is 16.5 Å². The molecule has 1 aliphatic heterocycles. The zero-order valence-electron chi connectivity index (χ0n) is 11.8. The van der Waals surface area contributed by atoms with E-state index < -0.39 is 6.10 Å². The first kappa shape index (κ1) is 15.0. The molecule has 0 spiro atoms. The van der Waals surface area contributed by atoms with Crippen LogP contribution in [-0.2, 0) is 11.2 Å². The van der Waals surface area contributed by atoms with Crippen molar-refractivity contribution in [2.45, 2.75) is 19.4 Å². The van der Waals surface area contributed by atoms with Crippen LogP contribution in [0.1, 0.15) is 23.2 Å². The number of carbonyl (C=O) groups excluding carboxylic acids is 1. The highest BCUT2D eigenvalue weighted by Crippen LogP contribution is 2.08. The number of β-amino-alcohol motifs (C(OH)–C–C–N with tert-alkyl or cyclic N) is 1. The van der Waals surface area contributed by atoms with Crippen LogP contribution < -0.4 is 5.32 Å². The van der Waals surface area contributed by atoms with Crippen LogP contribution in [0.4, 0.5) is 0 Å². The maximum absolute atomic E-state index is 11.8. The van der Waals surface area contributed by atoms with Crippen molar-refractivity contribution in [2.24, 2.45) is 0 Å². The molecule has 6 heteroatoms. The van der Waals surface area contributed by atoms with Gasteiger partial charge in [0.05, 0.1) is 19.3 Å². The second kappa shape index (κ2) is 7.42. The maximum Gasteiger partial charge on any atom is 0.287 e. The predicted octanol–water partition coefficient (Wildman–Crippen LogP) is 0.265. The summed E-state index contributed by atoms with van der Waals surface area (Å²) in [6.07, 6.45) is 0.171. The van der Waals surface area contributed by atoms with E-state index in [1.807, 2.05) is 6.92 Å². The molecule has 2 rings (SSSR count). The third kappa shape index (κ3) is 4.33. The lowest BCUT2D eigenvalue weighted by molar-refractivity contribution is 0.0148. The summed E-state index contributed by atoms with van der Waals surface area (Å²) in [7, 11) is 0. The molecule has 1 aromatic heterocycles. The number of carbonyl (C=O) groups is 1. The third-order valence-corrected chi connectivity index (χ3v) is 3.30. The summed E-state index contributed by atoms with van der Waals surface area (Å²) in [4.78, 5) is 13.9. The van der Waals surface area contributed by atoms with Crippen LogP contribution in [0.25, 0.3) is 0 Å². The second-order valence-electron chi connectivity index (χ2n) is 4.90. The summed E-state index contributed by atoms with van der Waals surface area (Å²) in [6.45, 7) is 5.77. The smallest absolute Gasteiger partial charge is 0.287 e. The van der Waals surface area contributed by atoms with Gasteiger partial charge in [-0.05, 0) is 12.1 Å². The average Bonchev–Trinajstić information content (AvgIpc) is 2.95. The van der Waals surface area contributed by atoms with Crippen molar-refractivity contribution in [2.75, 3.05) is 39.4 Å². The van der Waals surface area contributed by atoms with E-state index in [2.05, 4.69) is 10.2 Å². The Kier molecular flexibility index (Phi) is 5.58. The Morgan fingerprint density at radius 3 is 2.85 bits per heavy atom. The minimum atomic E-state index is -0.586. The molecule has 1 unspecified atom stereocenters. The van der Waals surface area contributed by atoms with Gasteiger partial charge in [-0.15, -0.1) is 0 Å². The Balaban J connectivity index is 1.71. The number of nitrogens with one attached hydrogen (secondary N) is 1. The molecular weight excluding hydrogens is 260 g/mol. The first-order valence-electron chi connectivity index (χ1n) is 7.04. The Morgan fingerprint density at radius 1 is 1.45 bits per heavy atom. The molecule has 0 aliphatic carbocycles. The molecule has 2 heterocycles. The third-order valence-electron chi connectivity index (χ3n) is 3.30. The molecule has 1 aliphatic rings. The zero-order valence-corrected chi connectivity index (χ0v) is 11.8. The Morgan fingerprint density at radius 2 is 2.20 bits per heavy atom. The topological polar surface area (TPSA) is 74.9 Å². The van der Waals surface area contributed by atoms with E-state index in [-0.39, 0.29) is 12.5 Å². The van der Waals surface area contributed by atoms with E-state index in [0.29, 0.717) is 25.5 Å². The highest BCUT2D eigenvalue weighted by Gasteiger charge is 2.16. The van der Waals surface area contributed by atoms with E-state index in [1.165, 1.54) is 0 Å². The molecular formula is C14H22N2O4. The summed E-state index contributed by atoms with van der Waals surface area (Å²) < 4.78 is 10.6. The number of morpholine rings is 1. The standard InChI is InChI=1S/C14H22N2O4/c1-2-12-3-4-13(20-12)14(18)15-9-11(17)10-16-5-7-19-8-6-16/h3-4,11,17H,2,5-10H2,1H3,(H,15,18). The van der Waals surface area contributed by atoms with Crippen LogP contribution >= 0.6 is 0 Å². The fraction of sp³-hybridized carbons (Fsp3) is 0.643. The van der Waals surface area contributed by atoms with Crippen molar-refractivity contribution in [3.63, 3.8) is 0 Å². The van der Waals surface area contributed by atoms with Crippen molar-refractivity contribution >= 4 is 5.91 Å². The molecule has 0 radical (unpaired) electrons. The van der Waals surface area contributed by atoms with E-state index in [4.69, 9.17) is 9.15 Å². The highest BCUT2D eigenvalue weighted by molar-refractivity contribution is 5.91. The monoisotopic (exact) mass is 282 g/mol. The lowest BCUT2D eigenvalue weighted by Crippen LogP contribution is -2.44. The summed E-state index contributed by atoms with van der Waals surface area (Å²) in [6, 6.07) is 3.45. The molecule has 2 N–H and O–H groups in total. The lowest BCUT2D eigenvalue weighted by atomic mass is 10.3. The fourth-order valence-corrected chi connectivity index (χ4v) is 2.13. The summed E-state index contributed by atoms with van der Waals surface area (Å²) in [5.41, 5.74) is 0. The first-order valence-corrected chi connectivity index (χ1v) is 7.04. The highest BCUT2D eigenvalue weighted by atomic mass is 16.5. The van der Waals surface area contributed by atoms with Gasteiger partial charge in [0.15, 0.2) is 5.76 Å². The SMILES string of the molecule is CCc1ccc(C(=O)NCC(O)CN2CCOCC2)o1. The molecule has 1 saturated heterocycles. The van der Waals surface area contributed by atoms with Gasteiger partial charge >= 0.3 is 0 Å². The number of hydrogen-bond acceptors (Lipinski definition) is 5. The molecule has 0 saturated carbocycles. The largest absolute Gasteiger partial charge is 0.456 e. The Hall–Kier alpha value is -1.37. The van der Waals surface area contributed by atoms with E-state index in [0.717, 1.165) is 25.3 Å². The fourth-order valence-electron chi connectivity index (χ4n) is 2.13. The van der Waals surface area contributed by atoms with E-state index in [1.54, 1.807) is 12.1 Å². The number of aliphatic hydroxyl groups excluding tert-OH is 1. The quantitative estimate of drug-likeness (QED) is 0.783. The molecule has 1 fully saturated rings. The second-order valence-corrected chi connectivity index (χ2v) is 4.90. The maximum atomic E-state index is 11.8. The van der Waals surface area contributed by atoms with Gasteiger partial charge in [0.2, 0.25) is 0 Å². The summed E-state index contributed by atoms with van der Waals surface area (Å²) >= 11 is 0. The van der Waals surface area contributed by atoms with Crippen molar-refractivity contribution in [3.8, 4) is 0 Å². The number of nitrogens with zero attached hydrogens (tertiary/aromatic N) is 1. The van der Waals surface area contributed by atoms with Gasteiger partial charge in [-0.1, -0.05) is 6.92 Å². The molecule has 1 amide bonds. The number of amides is 1. The number of hydrogen-bond donors (Lipinski definition) is 2. The minimum Gasteiger partial charge on any atom is -0.456 e. The minimum absolute atomic E-state index is 0.221. The van der Waals surface area contributed by atoms with Crippen molar-refractivity contribution < 1.29 is 19.1 Å². The number of furan rings is 1. The molecule has 1 aromatic rings. The van der Waals surface area contributed by atoms with Gasteiger partial charge in [0.25, 0.3) is 5.91 Å². The van der Waals surface area contributed by atoms with Crippen molar-refractivity contribution in [1.29, 1.82) is 0 Å². The predicted molar refractivity (Wildman–Crippen MR) is 73.7 cm³/mol.